The molecule has 0 radical (unpaired) electrons. The van der Waals surface area contributed by atoms with Crippen LogP contribution in [0.2, 0.25) is 0 Å². The molecule has 4 unspecified atom stereocenters. The first-order valence-electron chi connectivity index (χ1n) is 10.0. The number of ether oxygens (including phenoxy) is 1. The Morgan fingerprint density at radius 2 is 1.93 bits per heavy atom. The Bertz CT molecular complexity index is 670. The van der Waals surface area contributed by atoms with Crippen molar-refractivity contribution in [1.82, 2.24) is 20.9 Å². The molecule has 8 heteroatoms. The maximum Gasteiger partial charge on any atom is 0.322 e. The van der Waals surface area contributed by atoms with Gasteiger partial charge in [-0.05, 0) is 32.1 Å². The molecule has 0 aromatic heterocycles. The lowest BCUT2D eigenvalue weighted by Crippen LogP contribution is -2.68. The van der Waals surface area contributed by atoms with E-state index in [1.54, 1.807) is 0 Å². The molecule has 3 N–H and O–H groups in total. The highest BCUT2D eigenvalue weighted by atomic mass is 16.5. The van der Waals surface area contributed by atoms with Crippen LogP contribution in [0, 0.1) is 17.3 Å². The summed E-state index contributed by atoms with van der Waals surface area (Å²) >= 11 is 0. The summed E-state index contributed by atoms with van der Waals surface area (Å²) in [5.74, 6) is 1.41. The summed E-state index contributed by atoms with van der Waals surface area (Å²) in [6.45, 7) is 8.85. The zero-order valence-electron chi connectivity index (χ0n) is 16.7. The molecule has 4 rings (SSSR count). The Morgan fingerprint density at radius 3 is 2.52 bits per heavy atom. The first-order chi connectivity index (χ1) is 12.8. The van der Waals surface area contributed by atoms with Crippen LogP contribution in [0.5, 0.6) is 0 Å². The van der Waals surface area contributed by atoms with Gasteiger partial charge in [0.2, 0.25) is 0 Å². The largest absolute Gasteiger partial charge is 0.377 e. The minimum absolute atomic E-state index is 0.106. The molecule has 0 aromatic rings. The highest BCUT2D eigenvalue weighted by Crippen LogP contribution is 2.52. The van der Waals surface area contributed by atoms with Gasteiger partial charge in [-0.2, -0.15) is 0 Å². The summed E-state index contributed by atoms with van der Waals surface area (Å²) in [5.41, 5.74) is -0.695. The van der Waals surface area contributed by atoms with Crippen LogP contribution in [0.25, 0.3) is 0 Å². The van der Waals surface area contributed by atoms with E-state index in [-0.39, 0.29) is 23.3 Å². The van der Waals surface area contributed by atoms with E-state index >= 15 is 0 Å². The normalized spacial score (nSPS) is 38.9. The second-order valence-electron chi connectivity index (χ2n) is 9.11. The molecule has 3 aliphatic heterocycles. The molecule has 4 fully saturated rings. The molecule has 1 aliphatic carbocycles. The molecule has 1 saturated carbocycles. The molecule has 3 saturated heterocycles. The second kappa shape index (κ2) is 6.36. The van der Waals surface area contributed by atoms with Crippen molar-refractivity contribution in [3.63, 3.8) is 0 Å². The monoisotopic (exact) mass is 377 g/mol. The van der Waals surface area contributed by atoms with E-state index < -0.39 is 5.54 Å². The number of nitrogens with one attached hydrogen (secondary N) is 3. The lowest BCUT2D eigenvalue weighted by molar-refractivity contribution is -0.125. The van der Waals surface area contributed by atoms with Crippen LogP contribution in [0.3, 0.4) is 0 Å². The average molecular weight is 377 g/mol. The molecule has 4 aliphatic rings. The predicted octanol–water partition coefficient (Wildman–Crippen LogP) is 0.685. The van der Waals surface area contributed by atoms with E-state index in [0.717, 1.165) is 44.9 Å². The number of imide groups is 1. The van der Waals surface area contributed by atoms with E-state index in [0.29, 0.717) is 18.1 Å². The minimum Gasteiger partial charge on any atom is -0.377 e. The van der Waals surface area contributed by atoms with Crippen molar-refractivity contribution in [2.24, 2.45) is 22.2 Å². The number of hydrogen-bond donors (Lipinski definition) is 3. The van der Waals surface area contributed by atoms with Gasteiger partial charge in [0.05, 0.1) is 6.10 Å². The van der Waals surface area contributed by atoms with Crippen LogP contribution in [-0.2, 0) is 9.53 Å². The van der Waals surface area contributed by atoms with Gasteiger partial charge in [-0.3, -0.25) is 15.1 Å². The molecule has 0 aromatic carbocycles. The first kappa shape index (κ1) is 18.5. The molecule has 3 heterocycles. The van der Waals surface area contributed by atoms with Crippen LogP contribution < -0.4 is 16.0 Å². The van der Waals surface area contributed by atoms with Crippen LogP contribution in [0.4, 0.5) is 4.79 Å². The number of guanidine groups is 1. The highest BCUT2D eigenvalue weighted by Gasteiger charge is 2.59. The van der Waals surface area contributed by atoms with Crippen molar-refractivity contribution in [2.75, 3.05) is 26.7 Å². The average Bonchev–Trinajstić information content (AvgIpc) is 3.19. The molecular formula is C19H31N5O3. The predicted molar refractivity (Wildman–Crippen MR) is 101 cm³/mol. The number of carbonyl (C=O) groups is 2. The van der Waals surface area contributed by atoms with Gasteiger partial charge in [0.1, 0.15) is 5.54 Å². The van der Waals surface area contributed by atoms with Crippen molar-refractivity contribution < 1.29 is 14.3 Å². The Labute approximate surface area is 160 Å². The number of aliphatic imine (C=N–C) groups is 1. The molecule has 27 heavy (non-hydrogen) atoms. The molecular weight excluding hydrogens is 346 g/mol. The zero-order valence-corrected chi connectivity index (χ0v) is 16.7. The van der Waals surface area contributed by atoms with Gasteiger partial charge < -0.3 is 20.3 Å². The third-order valence-electron chi connectivity index (χ3n) is 7.28. The van der Waals surface area contributed by atoms with Gasteiger partial charge in [0.25, 0.3) is 5.91 Å². The number of urea groups is 1. The molecule has 0 bridgehead atoms. The maximum absolute atomic E-state index is 12.2. The highest BCUT2D eigenvalue weighted by molar-refractivity contribution is 6.07. The van der Waals surface area contributed by atoms with Crippen LogP contribution >= 0.6 is 0 Å². The van der Waals surface area contributed by atoms with Crippen molar-refractivity contribution in [3.05, 3.63) is 0 Å². The Balaban J connectivity index is 1.37. The summed E-state index contributed by atoms with van der Waals surface area (Å²) in [5, 5.41) is 8.88. The number of nitrogens with zero attached hydrogens (tertiary/aromatic N) is 2. The number of fused-ring (bicyclic) bond motifs is 1. The Hall–Kier alpha value is -1.83. The number of hydrogen-bond acceptors (Lipinski definition) is 4. The number of piperidine rings is 1. The number of likely N-dealkylation sites (tertiary alicyclic amines) is 1. The van der Waals surface area contributed by atoms with Crippen LogP contribution in [0.1, 0.15) is 40.0 Å². The van der Waals surface area contributed by atoms with Gasteiger partial charge in [-0.25, -0.2) is 4.79 Å². The molecule has 4 atom stereocenters. The zero-order chi connectivity index (χ0) is 19.4. The third kappa shape index (κ3) is 2.80. The lowest BCUT2D eigenvalue weighted by Gasteiger charge is -2.55. The standard InChI is InChI=1S/C19H31N5O3/c1-18(2)13(12-7-10-27-14(12)18)21-16(20-4)24-8-5-11(6-9-24)19(3)15(25)22-17(26)23-19/h11-14H,5-10H2,1-4H3,(H,20,21)(H2,22,23,25,26). The van der Waals surface area contributed by atoms with Gasteiger partial charge in [0.15, 0.2) is 5.96 Å². The summed E-state index contributed by atoms with van der Waals surface area (Å²) in [6.07, 6.45) is 3.14. The smallest absolute Gasteiger partial charge is 0.322 e. The van der Waals surface area contributed by atoms with Crippen LogP contribution in [0.15, 0.2) is 4.99 Å². The Morgan fingerprint density at radius 1 is 1.22 bits per heavy atom. The number of carbonyl (C=O) groups excluding carboxylic acids is 2. The first-order valence-corrected chi connectivity index (χ1v) is 10.0. The fourth-order valence-corrected chi connectivity index (χ4v) is 5.57. The van der Waals surface area contributed by atoms with E-state index in [1.165, 1.54) is 0 Å². The molecule has 8 nitrogen and oxygen atoms in total. The minimum atomic E-state index is -0.801. The summed E-state index contributed by atoms with van der Waals surface area (Å²) in [6, 6.07) is -0.0122. The van der Waals surface area contributed by atoms with E-state index in [2.05, 4.69) is 39.7 Å². The van der Waals surface area contributed by atoms with Gasteiger partial charge in [-0.15, -0.1) is 0 Å². The van der Waals surface area contributed by atoms with E-state index in [4.69, 9.17) is 4.74 Å². The van der Waals surface area contributed by atoms with E-state index in [1.807, 2.05) is 14.0 Å². The third-order valence-corrected chi connectivity index (χ3v) is 7.28. The molecule has 0 spiro atoms. The quantitative estimate of drug-likeness (QED) is 0.374. The van der Waals surface area contributed by atoms with Crippen molar-refractivity contribution in [3.8, 4) is 0 Å². The number of rotatable bonds is 2. The summed E-state index contributed by atoms with van der Waals surface area (Å²) < 4.78 is 5.89. The molecule has 150 valence electrons. The lowest BCUT2D eigenvalue weighted by atomic mass is 9.57. The SMILES string of the molecule is CN=C(NC1C2CCOC2C1(C)C)N1CCC(C2(C)NC(=O)NC2=O)CC1. The van der Waals surface area contributed by atoms with Crippen molar-refractivity contribution in [1.29, 1.82) is 0 Å². The topological polar surface area (TPSA) is 95.1 Å². The molecule has 3 amide bonds. The summed E-state index contributed by atoms with van der Waals surface area (Å²) in [7, 11) is 1.83. The number of amides is 3. The van der Waals surface area contributed by atoms with Gasteiger partial charge in [0, 0.05) is 44.1 Å². The fourth-order valence-electron chi connectivity index (χ4n) is 5.57. The fraction of sp³-hybridized carbons (Fsp3) is 0.842. The second-order valence-corrected chi connectivity index (χ2v) is 9.11. The Kier molecular flexibility index (Phi) is 4.36. The van der Waals surface area contributed by atoms with Gasteiger partial charge >= 0.3 is 6.03 Å². The van der Waals surface area contributed by atoms with Crippen LogP contribution in [-0.4, -0.2) is 67.2 Å². The maximum atomic E-state index is 12.2. The van der Waals surface area contributed by atoms with E-state index in [9.17, 15) is 9.59 Å². The van der Waals surface area contributed by atoms with Gasteiger partial charge in [-0.1, -0.05) is 13.8 Å². The van der Waals surface area contributed by atoms with Crippen molar-refractivity contribution in [2.45, 2.75) is 57.7 Å². The van der Waals surface area contributed by atoms with Crippen molar-refractivity contribution >= 4 is 17.9 Å². The summed E-state index contributed by atoms with van der Waals surface area (Å²) in [4.78, 5) is 30.5.